The summed E-state index contributed by atoms with van der Waals surface area (Å²) in [6, 6.07) is -1.19. The number of nitrogens with zero attached hydrogens (tertiary/aromatic N) is 1. The zero-order valence-electron chi connectivity index (χ0n) is 9.55. The molecule has 0 aromatic rings. The Morgan fingerprint density at radius 1 is 1.47 bits per heavy atom. The van der Waals surface area contributed by atoms with Gasteiger partial charge >= 0.3 is 12.0 Å². The van der Waals surface area contributed by atoms with Crippen molar-refractivity contribution in [2.45, 2.75) is 19.4 Å². The normalized spacial score (nSPS) is 23.1. The molecule has 0 aromatic carbocycles. The minimum absolute atomic E-state index is 0.0477. The molecule has 1 rings (SSSR count). The first-order valence-electron chi connectivity index (χ1n) is 5.32. The van der Waals surface area contributed by atoms with Crippen LogP contribution in [0.4, 0.5) is 4.79 Å². The van der Waals surface area contributed by atoms with E-state index in [4.69, 9.17) is 5.11 Å². The van der Waals surface area contributed by atoms with Crippen LogP contribution in [-0.2, 0) is 14.6 Å². The summed E-state index contributed by atoms with van der Waals surface area (Å²) in [5, 5.41) is 11.3. The summed E-state index contributed by atoms with van der Waals surface area (Å²) in [4.78, 5) is 23.6. The van der Waals surface area contributed by atoms with E-state index in [1.54, 1.807) is 6.92 Å². The molecule has 8 heteroatoms. The van der Waals surface area contributed by atoms with Crippen molar-refractivity contribution in [1.82, 2.24) is 10.2 Å². The quantitative estimate of drug-likeness (QED) is 0.700. The van der Waals surface area contributed by atoms with Crippen LogP contribution in [0.25, 0.3) is 0 Å². The van der Waals surface area contributed by atoms with E-state index in [1.807, 2.05) is 0 Å². The Hall–Kier alpha value is -1.31. The lowest BCUT2D eigenvalue weighted by atomic mass is 10.2. The molecule has 1 saturated heterocycles. The first kappa shape index (κ1) is 13.8. The number of hydrogen-bond acceptors (Lipinski definition) is 4. The van der Waals surface area contributed by atoms with Gasteiger partial charge < -0.3 is 15.3 Å². The second-order valence-electron chi connectivity index (χ2n) is 3.89. The predicted octanol–water partition coefficient (Wildman–Crippen LogP) is -0.710. The Kier molecular flexibility index (Phi) is 4.33. The molecule has 1 aliphatic heterocycles. The summed E-state index contributed by atoms with van der Waals surface area (Å²) in [5.74, 6) is -1.50. The highest BCUT2D eigenvalue weighted by Gasteiger charge is 2.35. The summed E-state index contributed by atoms with van der Waals surface area (Å²) in [5.41, 5.74) is 0. The maximum absolute atomic E-state index is 11.6. The maximum atomic E-state index is 11.6. The zero-order valence-corrected chi connectivity index (χ0v) is 10.4. The molecule has 0 aromatic heterocycles. The highest BCUT2D eigenvalue weighted by atomic mass is 32.2. The molecule has 0 saturated carbocycles. The first-order valence-corrected chi connectivity index (χ1v) is 7.14. The lowest BCUT2D eigenvalue weighted by molar-refractivity contribution is -0.138. The van der Waals surface area contributed by atoms with E-state index in [0.717, 1.165) is 0 Å². The number of rotatable bonds is 3. The monoisotopic (exact) mass is 264 g/mol. The Bertz CT molecular complexity index is 406. The van der Waals surface area contributed by atoms with E-state index in [2.05, 4.69) is 5.32 Å². The number of aliphatic carboxylic acids is 1. The molecule has 1 heterocycles. The van der Waals surface area contributed by atoms with E-state index >= 15 is 0 Å². The van der Waals surface area contributed by atoms with E-state index in [-0.39, 0.29) is 24.5 Å². The van der Waals surface area contributed by atoms with Crippen LogP contribution in [0.15, 0.2) is 0 Å². The van der Waals surface area contributed by atoms with Gasteiger partial charge in [-0.15, -0.1) is 0 Å². The zero-order chi connectivity index (χ0) is 13.1. The maximum Gasteiger partial charge on any atom is 0.317 e. The molecule has 7 nitrogen and oxygen atoms in total. The molecule has 0 radical (unpaired) electrons. The van der Waals surface area contributed by atoms with Gasteiger partial charge in [0.2, 0.25) is 0 Å². The number of hydrogen-bond donors (Lipinski definition) is 2. The predicted molar refractivity (Wildman–Crippen MR) is 60.5 cm³/mol. The SMILES string of the molecule is CCNC(=O)N1CCS(=O)(=O)CC1CC(=O)O. The van der Waals surface area contributed by atoms with E-state index in [1.165, 1.54) is 4.90 Å². The number of carboxylic acid groups (broad SMARTS) is 1. The molecular formula is C9H16N2O5S. The van der Waals surface area contributed by atoms with Gasteiger partial charge in [0, 0.05) is 13.1 Å². The molecule has 2 N–H and O–H groups in total. The van der Waals surface area contributed by atoms with Crippen LogP contribution < -0.4 is 5.32 Å². The molecule has 17 heavy (non-hydrogen) atoms. The van der Waals surface area contributed by atoms with Crippen LogP contribution in [0.5, 0.6) is 0 Å². The minimum atomic E-state index is -3.24. The van der Waals surface area contributed by atoms with Gasteiger partial charge in [0.25, 0.3) is 0 Å². The molecule has 1 unspecified atom stereocenters. The average molecular weight is 264 g/mol. The molecule has 2 amide bonds. The third-order valence-corrected chi connectivity index (χ3v) is 4.23. The molecule has 98 valence electrons. The second-order valence-corrected chi connectivity index (χ2v) is 6.12. The van der Waals surface area contributed by atoms with Gasteiger partial charge in [0.05, 0.1) is 24.0 Å². The van der Waals surface area contributed by atoms with Gasteiger partial charge in [0.15, 0.2) is 9.84 Å². The van der Waals surface area contributed by atoms with Crippen molar-refractivity contribution in [2.24, 2.45) is 0 Å². The van der Waals surface area contributed by atoms with Crippen LogP contribution in [-0.4, -0.2) is 61.1 Å². The molecule has 1 atom stereocenters. The van der Waals surface area contributed by atoms with Crippen LogP contribution in [0.1, 0.15) is 13.3 Å². The number of amides is 2. The van der Waals surface area contributed by atoms with Crippen LogP contribution in [0.2, 0.25) is 0 Å². The van der Waals surface area contributed by atoms with Crippen molar-refractivity contribution >= 4 is 21.8 Å². The number of carboxylic acids is 1. The summed E-state index contributed by atoms with van der Waals surface area (Å²) in [6.45, 7) is 2.21. The summed E-state index contributed by atoms with van der Waals surface area (Å²) < 4.78 is 22.8. The van der Waals surface area contributed by atoms with Gasteiger partial charge in [-0.25, -0.2) is 13.2 Å². The number of sulfone groups is 1. The van der Waals surface area contributed by atoms with Crippen LogP contribution >= 0.6 is 0 Å². The molecular weight excluding hydrogens is 248 g/mol. The van der Waals surface area contributed by atoms with Crippen LogP contribution in [0.3, 0.4) is 0 Å². The Balaban J connectivity index is 2.80. The van der Waals surface area contributed by atoms with Crippen molar-refractivity contribution in [1.29, 1.82) is 0 Å². The Labute approximate surface area is 99.7 Å². The van der Waals surface area contributed by atoms with Crippen molar-refractivity contribution in [3.63, 3.8) is 0 Å². The van der Waals surface area contributed by atoms with E-state index in [9.17, 15) is 18.0 Å². The smallest absolute Gasteiger partial charge is 0.317 e. The molecule has 1 aliphatic rings. The van der Waals surface area contributed by atoms with Gasteiger partial charge in [-0.3, -0.25) is 4.79 Å². The summed E-state index contributed by atoms with van der Waals surface area (Å²) in [6.07, 6.45) is -0.351. The van der Waals surface area contributed by atoms with Gasteiger partial charge in [-0.05, 0) is 6.92 Å². The lowest BCUT2D eigenvalue weighted by Crippen LogP contribution is -2.54. The van der Waals surface area contributed by atoms with E-state index in [0.29, 0.717) is 6.54 Å². The van der Waals surface area contributed by atoms with Gasteiger partial charge in [-0.1, -0.05) is 0 Å². The molecule has 1 fully saturated rings. The first-order chi connectivity index (χ1) is 7.85. The fourth-order valence-corrected chi connectivity index (χ4v) is 3.30. The highest BCUT2D eigenvalue weighted by molar-refractivity contribution is 7.91. The van der Waals surface area contributed by atoms with Crippen molar-refractivity contribution < 1.29 is 23.1 Å². The number of carbonyl (C=O) groups excluding carboxylic acids is 1. The largest absolute Gasteiger partial charge is 0.481 e. The Morgan fingerprint density at radius 3 is 2.65 bits per heavy atom. The van der Waals surface area contributed by atoms with Gasteiger partial charge in [0.1, 0.15) is 0 Å². The number of nitrogens with one attached hydrogen (secondary N) is 1. The average Bonchev–Trinajstić information content (AvgIpc) is 2.15. The highest BCUT2D eigenvalue weighted by Crippen LogP contribution is 2.15. The fraction of sp³-hybridized carbons (Fsp3) is 0.778. The summed E-state index contributed by atoms with van der Waals surface area (Å²) in [7, 11) is -3.24. The topological polar surface area (TPSA) is 104 Å². The Morgan fingerprint density at radius 2 is 2.12 bits per heavy atom. The standard InChI is InChI=1S/C9H16N2O5S/c1-2-10-9(14)11-3-4-17(15,16)6-7(11)5-8(12)13/h7H,2-6H2,1H3,(H,10,14)(H,12,13). The third kappa shape index (κ3) is 3.88. The molecule has 0 aliphatic carbocycles. The van der Waals surface area contributed by atoms with E-state index < -0.39 is 27.9 Å². The van der Waals surface area contributed by atoms with Crippen LogP contribution in [0, 0.1) is 0 Å². The summed E-state index contributed by atoms with van der Waals surface area (Å²) >= 11 is 0. The van der Waals surface area contributed by atoms with Crippen molar-refractivity contribution in [3.8, 4) is 0 Å². The van der Waals surface area contributed by atoms with Gasteiger partial charge in [-0.2, -0.15) is 0 Å². The van der Waals surface area contributed by atoms with Crippen molar-refractivity contribution in [3.05, 3.63) is 0 Å². The third-order valence-electron chi connectivity index (χ3n) is 2.53. The fourth-order valence-electron chi connectivity index (χ4n) is 1.78. The number of carbonyl (C=O) groups is 2. The lowest BCUT2D eigenvalue weighted by Gasteiger charge is -2.34. The second kappa shape index (κ2) is 5.35. The molecule has 0 spiro atoms. The van der Waals surface area contributed by atoms with Crippen molar-refractivity contribution in [2.75, 3.05) is 24.6 Å². The molecule has 0 bridgehead atoms. The number of urea groups is 1. The minimum Gasteiger partial charge on any atom is -0.481 e.